The maximum Gasteiger partial charge on any atom is 0.305 e. The lowest BCUT2D eigenvalue weighted by Crippen LogP contribution is -2.17. The van der Waals surface area contributed by atoms with Gasteiger partial charge in [-0.15, -0.1) is 0 Å². The smallest absolute Gasteiger partial charge is 0.305 e. The summed E-state index contributed by atoms with van der Waals surface area (Å²) in [5.41, 5.74) is 7.14. The van der Waals surface area contributed by atoms with Gasteiger partial charge in [0.05, 0.1) is 35.6 Å². The third-order valence-corrected chi connectivity index (χ3v) is 6.63. The molecule has 0 fully saturated rings. The molecule has 0 bridgehead atoms. The molecule has 3 aromatic rings. The summed E-state index contributed by atoms with van der Waals surface area (Å²) in [5, 5.41) is 18.6. The number of hydrogen-bond acceptors (Lipinski definition) is 4. The van der Waals surface area contributed by atoms with Crippen LogP contribution in [0.3, 0.4) is 0 Å². The van der Waals surface area contributed by atoms with Crippen LogP contribution < -0.4 is 0 Å². The maximum absolute atomic E-state index is 13.6. The summed E-state index contributed by atoms with van der Waals surface area (Å²) < 4.78 is 26.2. The summed E-state index contributed by atoms with van der Waals surface area (Å²) in [6.07, 6.45) is -2.33. The average Bonchev–Trinajstić information content (AvgIpc) is 2.78. The van der Waals surface area contributed by atoms with Crippen LogP contribution in [0.5, 0.6) is 0 Å². The minimum Gasteiger partial charge on any atom is -0.481 e. The van der Waals surface area contributed by atoms with E-state index in [2.05, 4.69) is 11.6 Å². The molecule has 2 aromatic carbocycles. The number of aliphatic carboxylic acids is 1. The van der Waals surface area contributed by atoms with Crippen molar-refractivity contribution in [2.75, 3.05) is 6.16 Å². The molecule has 34 heavy (non-hydrogen) atoms. The molecule has 0 radical (unpaired) electrons. The number of pyridine rings is 1. The number of aliphatic hydroxyl groups is 1. The van der Waals surface area contributed by atoms with Gasteiger partial charge in [-0.2, -0.15) is 0 Å². The van der Waals surface area contributed by atoms with Crippen molar-refractivity contribution >= 4 is 13.3 Å². The second-order valence-corrected chi connectivity index (χ2v) is 9.87. The highest BCUT2D eigenvalue weighted by molar-refractivity contribution is 7.63. The first-order valence-electron chi connectivity index (χ1n) is 10.7. The number of aromatic nitrogens is 1. The summed E-state index contributed by atoms with van der Waals surface area (Å²) >= 11 is 0. The van der Waals surface area contributed by atoms with Gasteiger partial charge in [-0.05, 0) is 42.3 Å². The van der Waals surface area contributed by atoms with Crippen molar-refractivity contribution in [2.24, 2.45) is 0 Å². The van der Waals surface area contributed by atoms with E-state index in [9.17, 15) is 23.7 Å². The second-order valence-electron chi connectivity index (χ2n) is 7.88. The first-order chi connectivity index (χ1) is 16.1. The number of benzene rings is 2. The number of carboxylic acids is 1. The molecule has 0 saturated carbocycles. The van der Waals surface area contributed by atoms with Crippen LogP contribution in [-0.4, -0.2) is 38.3 Å². The lowest BCUT2D eigenvalue weighted by atomic mass is 9.91. The molecule has 0 spiro atoms. The maximum atomic E-state index is 13.6. The van der Waals surface area contributed by atoms with Crippen LogP contribution in [0.1, 0.15) is 30.2 Å². The predicted molar refractivity (Wildman–Crippen MR) is 129 cm³/mol. The fourth-order valence-corrected chi connectivity index (χ4v) is 4.79. The standard InChI is InChI=1S/C26H25FNO5P/c1-3-23-22(13-14-34(32,33)16-21(29)15-24(30)31)25(18-9-11-20(27)12-10-18)17(2)26(28-23)19-7-5-4-6-8-19/h4-12,21,29H,3,15-16H2,1-2H3,(H,30,31)(H,32,33)/t21-/m0/s1. The van der Waals surface area contributed by atoms with Crippen molar-refractivity contribution < 1.29 is 28.9 Å². The van der Waals surface area contributed by atoms with Gasteiger partial charge in [0.15, 0.2) is 0 Å². The van der Waals surface area contributed by atoms with E-state index in [1.54, 1.807) is 12.1 Å². The van der Waals surface area contributed by atoms with E-state index in [4.69, 9.17) is 10.1 Å². The zero-order valence-corrected chi connectivity index (χ0v) is 19.7. The minimum absolute atomic E-state index is 0.394. The molecule has 6 nitrogen and oxygen atoms in total. The Morgan fingerprint density at radius 1 is 1.12 bits per heavy atom. The van der Waals surface area contributed by atoms with Crippen LogP contribution in [0.2, 0.25) is 0 Å². The Morgan fingerprint density at radius 2 is 1.76 bits per heavy atom. The van der Waals surface area contributed by atoms with Gasteiger partial charge in [0.1, 0.15) is 5.82 Å². The lowest BCUT2D eigenvalue weighted by Gasteiger charge is -2.17. The molecule has 3 N–H and O–H groups in total. The topological polar surface area (TPSA) is 108 Å². The third kappa shape index (κ3) is 6.18. The van der Waals surface area contributed by atoms with Crippen LogP contribution >= 0.6 is 7.37 Å². The van der Waals surface area contributed by atoms with Crippen LogP contribution in [0.15, 0.2) is 54.6 Å². The first kappa shape index (κ1) is 25.3. The summed E-state index contributed by atoms with van der Waals surface area (Å²) in [7, 11) is -4.17. The molecule has 0 saturated heterocycles. The summed E-state index contributed by atoms with van der Waals surface area (Å²) in [5.74, 6) is 1.12. The molecule has 1 heterocycles. The third-order valence-electron chi connectivity index (χ3n) is 5.25. The number of hydrogen-bond donors (Lipinski definition) is 3. The fourth-order valence-electron chi connectivity index (χ4n) is 3.71. The molecule has 2 atom stereocenters. The molecule has 0 aliphatic rings. The Bertz CT molecular complexity index is 1300. The van der Waals surface area contributed by atoms with Crippen LogP contribution in [-0.2, 0) is 15.8 Å². The molecule has 0 amide bonds. The van der Waals surface area contributed by atoms with E-state index < -0.39 is 37.8 Å². The molecule has 1 unspecified atom stereocenters. The van der Waals surface area contributed by atoms with Gasteiger partial charge in [-0.25, -0.2) is 4.39 Å². The zero-order chi connectivity index (χ0) is 24.9. The van der Waals surface area contributed by atoms with Gasteiger partial charge in [-0.1, -0.05) is 55.3 Å². The number of halogens is 1. The molecular weight excluding hydrogens is 456 g/mol. The molecule has 176 valence electrons. The van der Waals surface area contributed by atoms with Crippen LogP contribution in [0, 0.1) is 24.3 Å². The minimum atomic E-state index is -4.17. The number of carboxylic acid groups (broad SMARTS) is 1. The van der Waals surface area contributed by atoms with E-state index in [1.165, 1.54) is 12.1 Å². The number of aliphatic hydroxyl groups excluding tert-OH is 1. The van der Waals surface area contributed by atoms with Crippen molar-refractivity contribution in [2.45, 2.75) is 32.8 Å². The number of rotatable bonds is 7. The van der Waals surface area contributed by atoms with Crippen LogP contribution in [0.25, 0.3) is 22.4 Å². The van der Waals surface area contributed by atoms with E-state index in [0.29, 0.717) is 28.8 Å². The van der Waals surface area contributed by atoms with Crippen molar-refractivity contribution in [3.63, 3.8) is 0 Å². The van der Waals surface area contributed by atoms with Crippen molar-refractivity contribution in [3.8, 4) is 34.0 Å². The number of carbonyl (C=O) groups is 1. The van der Waals surface area contributed by atoms with E-state index >= 15 is 0 Å². The first-order valence-corrected chi connectivity index (χ1v) is 12.6. The lowest BCUT2D eigenvalue weighted by molar-refractivity contribution is -0.138. The van der Waals surface area contributed by atoms with Crippen molar-refractivity contribution in [1.29, 1.82) is 0 Å². The van der Waals surface area contributed by atoms with E-state index in [1.807, 2.05) is 44.2 Å². The second kappa shape index (κ2) is 10.8. The summed E-state index contributed by atoms with van der Waals surface area (Å²) in [6.45, 7) is 3.76. The van der Waals surface area contributed by atoms with E-state index in [-0.39, 0.29) is 0 Å². The highest BCUT2D eigenvalue weighted by Crippen LogP contribution is 2.41. The van der Waals surface area contributed by atoms with E-state index in [0.717, 1.165) is 16.8 Å². The van der Waals surface area contributed by atoms with Crippen molar-refractivity contribution in [1.82, 2.24) is 4.98 Å². The van der Waals surface area contributed by atoms with Gasteiger partial charge < -0.3 is 15.1 Å². The zero-order valence-electron chi connectivity index (χ0n) is 18.8. The van der Waals surface area contributed by atoms with Gasteiger partial charge >= 0.3 is 5.97 Å². The van der Waals surface area contributed by atoms with Crippen LogP contribution in [0.4, 0.5) is 4.39 Å². The Morgan fingerprint density at radius 3 is 2.35 bits per heavy atom. The fraction of sp³-hybridized carbons (Fsp3) is 0.231. The Kier molecular flexibility index (Phi) is 8.01. The average molecular weight is 481 g/mol. The summed E-state index contributed by atoms with van der Waals surface area (Å²) in [4.78, 5) is 25.8. The molecule has 8 heteroatoms. The van der Waals surface area contributed by atoms with Gasteiger partial charge in [0.25, 0.3) is 7.37 Å². The Labute approximate surface area is 197 Å². The summed E-state index contributed by atoms with van der Waals surface area (Å²) in [6, 6.07) is 15.5. The number of nitrogens with zero attached hydrogens (tertiary/aromatic N) is 1. The highest BCUT2D eigenvalue weighted by Gasteiger charge is 2.24. The molecule has 3 rings (SSSR count). The van der Waals surface area contributed by atoms with Crippen molar-refractivity contribution in [3.05, 3.63) is 77.2 Å². The molecule has 0 aliphatic carbocycles. The molecule has 1 aromatic heterocycles. The van der Waals surface area contributed by atoms with Gasteiger partial charge in [-0.3, -0.25) is 14.3 Å². The predicted octanol–water partition coefficient (Wildman–Crippen LogP) is 4.84. The Balaban J connectivity index is 2.20. The van der Waals surface area contributed by atoms with Gasteiger partial charge in [0, 0.05) is 11.1 Å². The largest absolute Gasteiger partial charge is 0.481 e. The molecular formula is C26H25FNO5P. The normalized spacial score (nSPS) is 13.4. The highest BCUT2D eigenvalue weighted by atomic mass is 31.2. The SMILES string of the molecule is CCc1nc(-c2ccccc2)c(C)c(-c2ccc(F)cc2)c1C#CP(=O)(O)C[C@@H](O)CC(=O)O. The molecule has 0 aliphatic heterocycles. The Hall–Kier alpha value is -3.30. The number of aryl methyl sites for hydroxylation is 1. The monoisotopic (exact) mass is 481 g/mol. The quantitative estimate of drug-likeness (QED) is 0.329. The van der Waals surface area contributed by atoms with Gasteiger partial charge in [0.2, 0.25) is 0 Å².